The highest BCUT2D eigenvalue weighted by Crippen LogP contribution is 2.26. The molecule has 1 aliphatic heterocycles. The van der Waals surface area contributed by atoms with E-state index in [0.29, 0.717) is 0 Å². The van der Waals surface area contributed by atoms with Gasteiger partial charge in [-0.1, -0.05) is 104 Å². The molecule has 0 N–H and O–H groups in total. The maximum atomic E-state index is 2.70. The molecule has 2 heterocycles. The summed E-state index contributed by atoms with van der Waals surface area (Å²) in [5, 5.41) is 0. The molecule has 1 aromatic rings. The molecule has 31 heavy (non-hydrogen) atoms. The Morgan fingerprint density at radius 3 is 1.55 bits per heavy atom. The van der Waals surface area contributed by atoms with Crippen LogP contribution in [0.4, 0.5) is 0 Å². The maximum absolute atomic E-state index is 2.70. The van der Waals surface area contributed by atoms with Crippen LogP contribution >= 0.6 is 0 Å². The summed E-state index contributed by atoms with van der Waals surface area (Å²) in [4.78, 5) is 0. The zero-order chi connectivity index (χ0) is 22.3. The van der Waals surface area contributed by atoms with Crippen molar-refractivity contribution in [1.29, 1.82) is 0 Å². The van der Waals surface area contributed by atoms with E-state index in [9.17, 15) is 0 Å². The van der Waals surface area contributed by atoms with Crippen LogP contribution < -0.4 is 4.57 Å². The van der Waals surface area contributed by atoms with Gasteiger partial charge in [0.2, 0.25) is 0 Å². The minimum Gasteiger partial charge on any atom is -0.200 e. The SMILES string of the molecule is CCCCCCCCCCc1c(C)c(CCCCCCCCCC)c2[n+](c1C)CCC2. The van der Waals surface area contributed by atoms with Crippen molar-refractivity contribution in [3.63, 3.8) is 0 Å². The monoisotopic (exact) mass is 428 g/mol. The zero-order valence-corrected chi connectivity index (χ0v) is 21.8. The number of aromatic nitrogens is 1. The van der Waals surface area contributed by atoms with E-state index in [-0.39, 0.29) is 0 Å². The number of fused-ring (bicyclic) bond motifs is 1. The van der Waals surface area contributed by atoms with Crippen molar-refractivity contribution in [1.82, 2.24) is 0 Å². The lowest BCUT2D eigenvalue weighted by Crippen LogP contribution is -2.39. The van der Waals surface area contributed by atoms with Crippen molar-refractivity contribution in [3.05, 3.63) is 28.1 Å². The van der Waals surface area contributed by atoms with Gasteiger partial charge in [0.1, 0.15) is 6.54 Å². The Morgan fingerprint density at radius 2 is 1.03 bits per heavy atom. The van der Waals surface area contributed by atoms with Crippen LogP contribution in [0.15, 0.2) is 0 Å². The van der Waals surface area contributed by atoms with Gasteiger partial charge >= 0.3 is 0 Å². The molecule has 0 aliphatic carbocycles. The normalized spacial score (nSPS) is 13.2. The highest BCUT2D eigenvalue weighted by Gasteiger charge is 2.29. The summed E-state index contributed by atoms with van der Waals surface area (Å²) in [6.07, 6.45) is 28.0. The van der Waals surface area contributed by atoms with E-state index >= 15 is 0 Å². The predicted octanol–water partition coefficient (Wildman–Crippen LogP) is 8.90. The van der Waals surface area contributed by atoms with Gasteiger partial charge in [-0.15, -0.1) is 0 Å². The number of unbranched alkanes of at least 4 members (excludes halogenated alkanes) is 14. The van der Waals surface area contributed by atoms with Gasteiger partial charge < -0.3 is 0 Å². The zero-order valence-electron chi connectivity index (χ0n) is 21.8. The number of hydrogen-bond acceptors (Lipinski definition) is 0. The van der Waals surface area contributed by atoms with Crippen LogP contribution in [0.25, 0.3) is 0 Å². The Balaban J connectivity index is 1.83. The van der Waals surface area contributed by atoms with Gasteiger partial charge in [-0.2, -0.15) is 4.57 Å². The van der Waals surface area contributed by atoms with Gasteiger partial charge in [-0.25, -0.2) is 0 Å². The van der Waals surface area contributed by atoms with Crippen LogP contribution in [0.1, 0.15) is 151 Å². The summed E-state index contributed by atoms with van der Waals surface area (Å²) >= 11 is 0. The third-order valence-corrected chi connectivity index (χ3v) is 7.78. The molecule has 0 aromatic carbocycles. The molecule has 0 atom stereocenters. The quantitative estimate of drug-likeness (QED) is 0.162. The first-order valence-electron chi connectivity index (χ1n) is 14.2. The molecule has 2 rings (SSSR count). The van der Waals surface area contributed by atoms with Crippen LogP contribution in [-0.2, 0) is 25.8 Å². The molecule has 0 saturated carbocycles. The van der Waals surface area contributed by atoms with Gasteiger partial charge in [-0.3, -0.25) is 0 Å². The van der Waals surface area contributed by atoms with Gasteiger partial charge in [0.15, 0.2) is 11.4 Å². The Kier molecular flexibility index (Phi) is 13.5. The van der Waals surface area contributed by atoms with Gasteiger partial charge in [-0.05, 0) is 38.2 Å². The average Bonchev–Trinajstić information content (AvgIpc) is 3.26. The van der Waals surface area contributed by atoms with E-state index in [1.165, 1.54) is 135 Å². The van der Waals surface area contributed by atoms with E-state index in [0.717, 1.165) is 0 Å². The van der Waals surface area contributed by atoms with Crippen molar-refractivity contribution in [2.24, 2.45) is 0 Å². The third-order valence-electron chi connectivity index (χ3n) is 7.78. The molecule has 0 unspecified atom stereocenters. The minimum atomic E-state index is 1.26. The lowest BCUT2D eigenvalue weighted by Gasteiger charge is -2.15. The Morgan fingerprint density at radius 1 is 0.581 bits per heavy atom. The number of hydrogen-bond donors (Lipinski definition) is 0. The van der Waals surface area contributed by atoms with Crippen LogP contribution in [0.2, 0.25) is 0 Å². The second-order valence-corrected chi connectivity index (χ2v) is 10.3. The minimum absolute atomic E-state index is 1.26. The largest absolute Gasteiger partial charge is 0.200 e. The number of nitrogens with zero attached hydrogens (tertiary/aromatic N) is 1. The van der Waals surface area contributed by atoms with Gasteiger partial charge in [0.05, 0.1) is 0 Å². The molecule has 0 spiro atoms. The molecule has 1 aliphatic rings. The Labute approximate surface area is 195 Å². The van der Waals surface area contributed by atoms with Gasteiger partial charge in [0.25, 0.3) is 0 Å². The average molecular weight is 429 g/mol. The summed E-state index contributed by atoms with van der Waals surface area (Å²) < 4.78 is 2.70. The van der Waals surface area contributed by atoms with Crippen molar-refractivity contribution in [2.45, 2.75) is 163 Å². The summed E-state index contributed by atoms with van der Waals surface area (Å²) in [6.45, 7) is 10.7. The maximum Gasteiger partial charge on any atom is 0.185 e. The van der Waals surface area contributed by atoms with Crippen LogP contribution in [0.5, 0.6) is 0 Å². The third kappa shape index (κ3) is 8.89. The van der Waals surface area contributed by atoms with Crippen molar-refractivity contribution in [3.8, 4) is 0 Å². The van der Waals surface area contributed by atoms with Crippen molar-refractivity contribution < 1.29 is 4.57 Å². The molecule has 1 aromatic heterocycles. The van der Waals surface area contributed by atoms with Crippen LogP contribution in [0.3, 0.4) is 0 Å². The summed E-state index contributed by atoms with van der Waals surface area (Å²) in [5.41, 5.74) is 8.39. The first kappa shape index (κ1) is 26.4. The molecule has 0 saturated heterocycles. The summed E-state index contributed by atoms with van der Waals surface area (Å²) in [7, 11) is 0. The molecular formula is C30H54N+. The van der Waals surface area contributed by atoms with Gasteiger partial charge in [0, 0.05) is 30.9 Å². The van der Waals surface area contributed by atoms with E-state index < -0.39 is 0 Å². The molecule has 178 valence electrons. The molecule has 0 bridgehead atoms. The van der Waals surface area contributed by atoms with Crippen molar-refractivity contribution in [2.75, 3.05) is 0 Å². The van der Waals surface area contributed by atoms with E-state index in [4.69, 9.17) is 0 Å². The lowest BCUT2D eigenvalue weighted by molar-refractivity contribution is -0.697. The van der Waals surface area contributed by atoms with E-state index in [1.54, 1.807) is 28.1 Å². The molecule has 1 nitrogen and oxygen atoms in total. The first-order valence-corrected chi connectivity index (χ1v) is 14.2. The topological polar surface area (TPSA) is 3.88 Å². The van der Waals surface area contributed by atoms with E-state index in [2.05, 4.69) is 32.3 Å². The van der Waals surface area contributed by atoms with Crippen molar-refractivity contribution >= 4 is 0 Å². The smallest absolute Gasteiger partial charge is 0.185 e. The predicted molar refractivity (Wildman–Crippen MR) is 137 cm³/mol. The Hall–Kier alpha value is -0.850. The number of rotatable bonds is 18. The first-order chi connectivity index (χ1) is 15.2. The second kappa shape index (κ2) is 15.9. The highest BCUT2D eigenvalue weighted by atomic mass is 15.0. The molecule has 0 amide bonds. The molecule has 1 heteroatoms. The lowest BCUT2D eigenvalue weighted by atomic mass is 9.91. The summed E-state index contributed by atoms with van der Waals surface area (Å²) in [6, 6.07) is 0. The molecule has 0 radical (unpaired) electrons. The fraction of sp³-hybridized carbons (Fsp3) is 0.833. The molecule has 0 fully saturated rings. The van der Waals surface area contributed by atoms with E-state index in [1.807, 2.05) is 0 Å². The fourth-order valence-electron chi connectivity index (χ4n) is 5.76. The number of pyridine rings is 1. The standard InChI is InChI=1S/C30H54N/c1-5-7-9-11-13-15-17-19-22-28-26(3)29(30-24-21-25-31(30)27(28)4)23-20-18-16-14-12-10-8-6-2/h5-25H2,1-4H3/q+1. The summed E-state index contributed by atoms with van der Waals surface area (Å²) in [5.74, 6) is 0. The fourth-order valence-corrected chi connectivity index (χ4v) is 5.76. The Bertz CT molecular complexity index is 616. The van der Waals surface area contributed by atoms with Crippen LogP contribution in [-0.4, -0.2) is 0 Å². The molecular weight excluding hydrogens is 374 g/mol. The highest BCUT2D eigenvalue weighted by molar-refractivity contribution is 5.37. The van der Waals surface area contributed by atoms with Crippen LogP contribution in [0, 0.1) is 13.8 Å². The second-order valence-electron chi connectivity index (χ2n) is 10.3.